The Morgan fingerprint density at radius 2 is 2.24 bits per heavy atom. The summed E-state index contributed by atoms with van der Waals surface area (Å²) < 4.78 is 0.918. The Morgan fingerprint density at radius 1 is 1.53 bits per heavy atom. The second-order valence-electron chi connectivity index (χ2n) is 4.18. The molecule has 0 unspecified atom stereocenters. The highest BCUT2D eigenvalue weighted by Gasteiger charge is 2.35. The lowest BCUT2D eigenvalue weighted by molar-refractivity contribution is -0.141. The van der Waals surface area contributed by atoms with Crippen molar-refractivity contribution < 1.29 is 14.7 Å². The molecule has 1 aliphatic rings. The van der Waals surface area contributed by atoms with E-state index in [-0.39, 0.29) is 18.9 Å². The summed E-state index contributed by atoms with van der Waals surface area (Å²) in [7, 11) is 0. The van der Waals surface area contributed by atoms with Gasteiger partial charge < -0.3 is 10.0 Å². The van der Waals surface area contributed by atoms with E-state index in [4.69, 9.17) is 5.11 Å². The number of carboxylic acid groups (broad SMARTS) is 1. The van der Waals surface area contributed by atoms with E-state index in [0.29, 0.717) is 0 Å². The summed E-state index contributed by atoms with van der Waals surface area (Å²) >= 11 is 3.40. The molecule has 0 aromatic heterocycles. The summed E-state index contributed by atoms with van der Waals surface area (Å²) in [4.78, 5) is 24.1. The zero-order chi connectivity index (χ0) is 12.6. The van der Waals surface area contributed by atoms with E-state index in [1.807, 2.05) is 25.1 Å². The zero-order valence-electron chi connectivity index (χ0n) is 9.31. The molecule has 0 bridgehead atoms. The summed E-state index contributed by atoms with van der Waals surface area (Å²) in [6, 6.07) is 5.58. The van der Waals surface area contributed by atoms with Crippen LogP contribution in [0.15, 0.2) is 22.7 Å². The number of carbonyl (C=O) groups excluding carboxylic acids is 1. The molecule has 1 fully saturated rings. The van der Waals surface area contributed by atoms with E-state index in [1.165, 1.54) is 4.90 Å². The van der Waals surface area contributed by atoms with Crippen molar-refractivity contribution in [2.24, 2.45) is 5.92 Å². The van der Waals surface area contributed by atoms with Crippen LogP contribution in [0.4, 0.5) is 5.69 Å². The van der Waals surface area contributed by atoms with Gasteiger partial charge in [0.2, 0.25) is 5.91 Å². The minimum Gasteiger partial charge on any atom is -0.481 e. The predicted molar refractivity (Wildman–Crippen MR) is 67.0 cm³/mol. The van der Waals surface area contributed by atoms with Crippen LogP contribution in [0.25, 0.3) is 0 Å². The smallest absolute Gasteiger partial charge is 0.308 e. The predicted octanol–water partition coefficient (Wildman–Crippen LogP) is 2.20. The van der Waals surface area contributed by atoms with E-state index >= 15 is 0 Å². The Balaban J connectivity index is 2.26. The Morgan fingerprint density at radius 3 is 2.76 bits per heavy atom. The van der Waals surface area contributed by atoms with E-state index in [1.54, 1.807) is 0 Å². The molecule has 90 valence electrons. The van der Waals surface area contributed by atoms with Crippen molar-refractivity contribution in [1.29, 1.82) is 0 Å². The van der Waals surface area contributed by atoms with Gasteiger partial charge in [-0.05, 0) is 24.6 Å². The average molecular weight is 298 g/mol. The molecule has 1 aromatic rings. The molecular weight excluding hydrogens is 286 g/mol. The third-order valence-electron chi connectivity index (χ3n) is 2.94. The van der Waals surface area contributed by atoms with Crippen LogP contribution in [0, 0.1) is 12.8 Å². The van der Waals surface area contributed by atoms with Gasteiger partial charge in [-0.3, -0.25) is 9.59 Å². The van der Waals surface area contributed by atoms with Gasteiger partial charge in [-0.1, -0.05) is 22.0 Å². The third-order valence-corrected chi connectivity index (χ3v) is 3.80. The Labute approximate surface area is 107 Å². The average Bonchev–Trinajstić information content (AvgIpc) is 2.65. The summed E-state index contributed by atoms with van der Waals surface area (Å²) in [5.41, 5.74) is 1.83. The number of nitrogens with zero attached hydrogens (tertiary/aromatic N) is 1. The second kappa shape index (κ2) is 4.49. The van der Waals surface area contributed by atoms with Crippen LogP contribution in [0.5, 0.6) is 0 Å². The highest BCUT2D eigenvalue weighted by Crippen LogP contribution is 2.28. The minimum absolute atomic E-state index is 0.0842. The Bertz CT molecular complexity index is 487. The largest absolute Gasteiger partial charge is 0.481 e. The quantitative estimate of drug-likeness (QED) is 0.910. The fraction of sp³-hybridized carbons (Fsp3) is 0.333. The van der Waals surface area contributed by atoms with Crippen LogP contribution >= 0.6 is 15.9 Å². The van der Waals surface area contributed by atoms with Gasteiger partial charge in [-0.25, -0.2) is 0 Å². The molecule has 0 spiro atoms. The number of halogens is 1. The molecule has 0 saturated carbocycles. The normalized spacial score (nSPS) is 19.8. The second-order valence-corrected chi connectivity index (χ2v) is 5.03. The van der Waals surface area contributed by atoms with Gasteiger partial charge in [-0.2, -0.15) is 0 Å². The van der Waals surface area contributed by atoms with Crippen LogP contribution < -0.4 is 4.90 Å². The van der Waals surface area contributed by atoms with E-state index in [0.717, 1.165) is 15.7 Å². The standard InChI is InChI=1S/C12H12BrNO3/c1-7-2-3-9(5-10(7)13)14-6-8(12(16)17)4-11(14)15/h2-3,5,8H,4,6H2,1H3,(H,16,17)/t8-/m1/s1. The lowest BCUT2D eigenvalue weighted by atomic mass is 10.1. The van der Waals surface area contributed by atoms with Crippen molar-refractivity contribution in [3.05, 3.63) is 28.2 Å². The van der Waals surface area contributed by atoms with Crippen molar-refractivity contribution in [2.75, 3.05) is 11.4 Å². The molecule has 1 N–H and O–H groups in total. The topological polar surface area (TPSA) is 57.6 Å². The molecule has 17 heavy (non-hydrogen) atoms. The van der Waals surface area contributed by atoms with Crippen LogP contribution in [0.3, 0.4) is 0 Å². The van der Waals surface area contributed by atoms with Crippen molar-refractivity contribution in [3.63, 3.8) is 0 Å². The summed E-state index contributed by atoms with van der Waals surface area (Å²) in [5, 5.41) is 8.91. The maximum absolute atomic E-state index is 11.7. The summed E-state index contributed by atoms with van der Waals surface area (Å²) in [6.07, 6.45) is 0.0842. The van der Waals surface area contributed by atoms with Gasteiger partial charge in [0, 0.05) is 23.1 Å². The SMILES string of the molecule is Cc1ccc(N2C[C@H](C(=O)O)CC2=O)cc1Br. The minimum atomic E-state index is -0.910. The fourth-order valence-electron chi connectivity index (χ4n) is 1.87. The first-order valence-electron chi connectivity index (χ1n) is 5.28. The van der Waals surface area contributed by atoms with Crippen molar-refractivity contribution >= 4 is 33.5 Å². The number of aryl methyl sites for hydroxylation is 1. The van der Waals surface area contributed by atoms with Crippen molar-refractivity contribution in [2.45, 2.75) is 13.3 Å². The first-order chi connectivity index (χ1) is 7.99. The summed E-state index contributed by atoms with van der Waals surface area (Å²) in [5.74, 6) is -1.64. The number of amides is 1. The van der Waals surface area contributed by atoms with E-state index in [9.17, 15) is 9.59 Å². The maximum atomic E-state index is 11.7. The monoisotopic (exact) mass is 297 g/mol. The highest BCUT2D eigenvalue weighted by molar-refractivity contribution is 9.10. The number of carboxylic acids is 1. The van der Waals surface area contributed by atoms with Crippen LogP contribution in [0.2, 0.25) is 0 Å². The fourth-order valence-corrected chi connectivity index (χ4v) is 2.24. The maximum Gasteiger partial charge on any atom is 0.308 e. The Hall–Kier alpha value is -1.36. The van der Waals surface area contributed by atoms with Gasteiger partial charge >= 0.3 is 5.97 Å². The number of rotatable bonds is 2. The first-order valence-corrected chi connectivity index (χ1v) is 6.07. The molecule has 1 aliphatic heterocycles. The van der Waals surface area contributed by atoms with Gasteiger partial charge in [-0.15, -0.1) is 0 Å². The van der Waals surface area contributed by atoms with Crippen LogP contribution in [-0.4, -0.2) is 23.5 Å². The molecule has 0 aliphatic carbocycles. The molecule has 1 aromatic carbocycles. The third kappa shape index (κ3) is 2.34. The molecule has 5 heteroatoms. The number of hydrogen-bond acceptors (Lipinski definition) is 2. The Kier molecular flexibility index (Phi) is 3.19. The number of aliphatic carboxylic acids is 1. The van der Waals surface area contributed by atoms with Crippen molar-refractivity contribution in [1.82, 2.24) is 0 Å². The lowest BCUT2D eigenvalue weighted by Gasteiger charge is -2.16. The van der Waals surface area contributed by atoms with Gasteiger partial charge in [0.1, 0.15) is 0 Å². The number of benzene rings is 1. The van der Waals surface area contributed by atoms with Crippen LogP contribution in [0.1, 0.15) is 12.0 Å². The van der Waals surface area contributed by atoms with Gasteiger partial charge in [0.25, 0.3) is 0 Å². The molecule has 2 rings (SSSR count). The first kappa shape index (κ1) is 12.1. The van der Waals surface area contributed by atoms with Crippen LogP contribution in [-0.2, 0) is 9.59 Å². The molecular formula is C12H12BrNO3. The number of anilines is 1. The number of hydrogen-bond donors (Lipinski definition) is 1. The zero-order valence-corrected chi connectivity index (χ0v) is 10.9. The lowest BCUT2D eigenvalue weighted by Crippen LogP contribution is -2.25. The molecule has 0 radical (unpaired) electrons. The highest BCUT2D eigenvalue weighted by atomic mass is 79.9. The van der Waals surface area contributed by atoms with E-state index < -0.39 is 11.9 Å². The number of carbonyl (C=O) groups is 2. The van der Waals surface area contributed by atoms with Gasteiger partial charge in [0.15, 0.2) is 0 Å². The molecule has 4 nitrogen and oxygen atoms in total. The molecule has 1 saturated heterocycles. The van der Waals surface area contributed by atoms with Gasteiger partial charge in [0.05, 0.1) is 5.92 Å². The molecule has 1 amide bonds. The summed E-state index contributed by atoms with van der Waals surface area (Å²) in [6.45, 7) is 2.21. The van der Waals surface area contributed by atoms with E-state index in [2.05, 4.69) is 15.9 Å². The molecule has 1 atom stereocenters. The molecule has 1 heterocycles. The van der Waals surface area contributed by atoms with Crippen molar-refractivity contribution in [3.8, 4) is 0 Å².